The van der Waals surface area contributed by atoms with Crippen molar-refractivity contribution in [2.24, 2.45) is 40.9 Å². The number of rotatable bonds is 2. The Balaban J connectivity index is 1.58. The van der Waals surface area contributed by atoms with Gasteiger partial charge in [-0.15, -0.1) is 0 Å². The molecule has 0 spiro atoms. The van der Waals surface area contributed by atoms with E-state index in [1.807, 2.05) is 0 Å². The maximum absolute atomic E-state index is 4.40. The molecule has 0 aliphatic heterocycles. The summed E-state index contributed by atoms with van der Waals surface area (Å²) in [5.41, 5.74) is 3.89. The van der Waals surface area contributed by atoms with Gasteiger partial charge in [-0.05, 0) is 119 Å². The van der Waals surface area contributed by atoms with Crippen molar-refractivity contribution in [2.75, 3.05) is 0 Å². The number of hydrogen-bond acceptors (Lipinski definition) is 0. The smallest absolute Gasteiger partial charge is 0.0175 e. The third kappa shape index (κ3) is 2.87. The molecular weight excluding hydrogens is 300 g/mol. The van der Waals surface area contributed by atoms with E-state index in [0.29, 0.717) is 5.41 Å². The van der Waals surface area contributed by atoms with E-state index in [1.165, 1.54) is 70.6 Å². The fourth-order valence-corrected chi connectivity index (χ4v) is 8.21. The molecule has 4 aliphatic carbocycles. The lowest BCUT2D eigenvalue weighted by atomic mass is 9.45. The van der Waals surface area contributed by atoms with Gasteiger partial charge in [-0.25, -0.2) is 0 Å². The van der Waals surface area contributed by atoms with Gasteiger partial charge in [-0.3, -0.25) is 0 Å². The molecule has 0 heterocycles. The summed E-state index contributed by atoms with van der Waals surface area (Å²) in [4.78, 5) is 0. The molecule has 25 heavy (non-hydrogen) atoms. The second-order valence-corrected chi connectivity index (χ2v) is 10.1. The van der Waals surface area contributed by atoms with Crippen LogP contribution < -0.4 is 0 Å². The minimum atomic E-state index is 0.636. The number of fused-ring (bicyclic) bond motifs is 5. The van der Waals surface area contributed by atoms with E-state index in [0.717, 1.165) is 35.5 Å². The second kappa shape index (κ2) is 6.90. The molecule has 4 rings (SSSR count). The minimum absolute atomic E-state index is 0.636. The molecule has 0 bridgehead atoms. The van der Waals surface area contributed by atoms with Crippen LogP contribution in [-0.2, 0) is 0 Å². The highest BCUT2D eigenvalue weighted by Crippen LogP contribution is 2.63. The Morgan fingerprint density at radius 3 is 2.56 bits per heavy atom. The second-order valence-electron chi connectivity index (χ2n) is 10.1. The molecule has 0 radical (unpaired) electrons. The van der Waals surface area contributed by atoms with E-state index >= 15 is 0 Å². The zero-order chi connectivity index (χ0) is 17.6. The van der Waals surface area contributed by atoms with Crippen LogP contribution in [0.1, 0.15) is 91.4 Å². The fraction of sp³-hybridized carbons (Fsp3) is 0.840. The number of hydrogen-bond donors (Lipinski definition) is 0. The normalized spacial score (nSPS) is 47.6. The van der Waals surface area contributed by atoms with Crippen LogP contribution in [0.25, 0.3) is 0 Å². The Labute approximate surface area is 156 Å². The molecule has 0 amide bonds. The van der Waals surface area contributed by atoms with Crippen molar-refractivity contribution < 1.29 is 0 Å². The molecule has 0 aromatic heterocycles. The van der Waals surface area contributed by atoms with Crippen LogP contribution in [0.4, 0.5) is 0 Å². The summed E-state index contributed by atoms with van der Waals surface area (Å²) in [6.45, 7) is 11.5. The topological polar surface area (TPSA) is 0 Å². The van der Waals surface area contributed by atoms with E-state index in [9.17, 15) is 0 Å². The average Bonchev–Trinajstić information content (AvgIpc) is 2.65. The summed E-state index contributed by atoms with van der Waals surface area (Å²) in [6.07, 6.45) is 18.5. The molecule has 7 atom stereocenters. The van der Waals surface area contributed by atoms with E-state index in [2.05, 4.69) is 33.4 Å². The molecule has 4 fully saturated rings. The van der Waals surface area contributed by atoms with Crippen molar-refractivity contribution >= 4 is 0 Å². The zero-order valence-electron chi connectivity index (χ0n) is 17.0. The SMILES string of the molecule is C=C1CC[C@@H]2[C@H]3CC[C@@H]4C(/C(C)=C/C)CCC[C@H]4[C@@H]3CCC2(CC)C1. The number of allylic oxidation sites excluding steroid dienone is 3. The van der Waals surface area contributed by atoms with Crippen LogP contribution in [0.3, 0.4) is 0 Å². The molecular formula is C25H40. The first kappa shape index (κ1) is 17.9. The van der Waals surface area contributed by atoms with Gasteiger partial charge in [0.05, 0.1) is 0 Å². The third-order valence-corrected chi connectivity index (χ3v) is 9.49. The largest absolute Gasteiger partial charge is 0.0998 e. The van der Waals surface area contributed by atoms with E-state index < -0.39 is 0 Å². The molecule has 0 N–H and O–H groups in total. The molecule has 4 saturated carbocycles. The van der Waals surface area contributed by atoms with E-state index in [4.69, 9.17) is 0 Å². The van der Waals surface area contributed by atoms with Gasteiger partial charge in [0.25, 0.3) is 0 Å². The molecule has 0 aromatic carbocycles. The first-order valence-corrected chi connectivity index (χ1v) is 11.4. The van der Waals surface area contributed by atoms with Gasteiger partial charge in [0.2, 0.25) is 0 Å². The molecule has 2 unspecified atom stereocenters. The van der Waals surface area contributed by atoms with Gasteiger partial charge in [0.15, 0.2) is 0 Å². The summed E-state index contributed by atoms with van der Waals surface area (Å²) in [7, 11) is 0. The summed E-state index contributed by atoms with van der Waals surface area (Å²) in [5.74, 6) is 6.10. The Bertz CT molecular complexity index is 540. The Morgan fingerprint density at radius 1 is 1.04 bits per heavy atom. The monoisotopic (exact) mass is 340 g/mol. The first-order valence-electron chi connectivity index (χ1n) is 11.4. The lowest BCUT2D eigenvalue weighted by Gasteiger charge is -2.60. The van der Waals surface area contributed by atoms with Gasteiger partial charge in [0.1, 0.15) is 0 Å². The Hall–Kier alpha value is -0.520. The predicted octanol–water partition coefficient (Wildman–Crippen LogP) is 7.56. The van der Waals surface area contributed by atoms with Crippen LogP contribution >= 0.6 is 0 Å². The third-order valence-electron chi connectivity index (χ3n) is 9.49. The Kier molecular flexibility index (Phi) is 4.93. The van der Waals surface area contributed by atoms with Crippen molar-refractivity contribution in [2.45, 2.75) is 91.4 Å². The van der Waals surface area contributed by atoms with Gasteiger partial charge in [-0.1, -0.05) is 37.1 Å². The van der Waals surface area contributed by atoms with Gasteiger partial charge in [0, 0.05) is 0 Å². The van der Waals surface area contributed by atoms with Crippen molar-refractivity contribution in [3.05, 3.63) is 23.8 Å². The minimum Gasteiger partial charge on any atom is -0.0998 e. The van der Waals surface area contributed by atoms with Crippen molar-refractivity contribution in [1.82, 2.24) is 0 Å². The summed E-state index contributed by atoms with van der Waals surface area (Å²) in [6, 6.07) is 0. The standard InChI is InChI=1S/C25H40/c1-5-18(4)19-8-7-9-20-21(19)11-12-23-22(20)14-15-25(6-2)16-17(3)10-13-24(23)25/h5,19-24H,3,6-16H2,1-2,4H3/b18-5+/t19?,20-,21-,22+,23+,24-,25?/m1/s1. The summed E-state index contributed by atoms with van der Waals surface area (Å²) >= 11 is 0. The molecule has 0 saturated heterocycles. The van der Waals surface area contributed by atoms with Crippen molar-refractivity contribution in [3.63, 3.8) is 0 Å². The molecule has 140 valence electrons. The highest BCUT2D eigenvalue weighted by Gasteiger charge is 2.54. The molecule has 0 heteroatoms. The van der Waals surface area contributed by atoms with Crippen LogP contribution in [0.5, 0.6) is 0 Å². The van der Waals surface area contributed by atoms with Gasteiger partial charge < -0.3 is 0 Å². The van der Waals surface area contributed by atoms with Crippen LogP contribution in [0, 0.1) is 40.9 Å². The molecule has 0 aromatic rings. The lowest BCUT2D eigenvalue weighted by molar-refractivity contribution is -0.0894. The average molecular weight is 341 g/mol. The first-order chi connectivity index (χ1) is 12.1. The summed E-state index contributed by atoms with van der Waals surface area (Å²) < 4.78 is 0. The lowest BCUT2D eigenvalue weighted by Crippen LogP contribution is -2.51. The highest BCUT2D eigenvalue weighted by molar-refractivity contribution is 5.14. The Morgan fingerprint density at radius 2 is 1.80 bits per heavy atom. The molecule has 4 aliphatic rings. The van der Waals surface area contributed by atoms with E-state index in [1.54, 1.807) is 11.1 Å². The van der Waals surface area contributed by atoms with Crippen LogP contribution in [0.2, 0.25) is 0 Å². The summed E-state index contributed by atoms with van der Waals surface area (Å²) in [5, 5.41) is 0. The quantitative estimate of drug-likeness (QED) is 0.455. The maximum atomic E-state index is 4.40. The zero-order valence-corrected chi connectivity index (χ0v) is 17.0. The highest BCUT2D eigenvalue weighted by atomic mass is 14.6. The fourth-order valence-electron chi connectivity index (χ4n) is 8.21. The van der Waals surface area contributed by atoms with E-state index in [-0.39, 0.29) is 0 Å². The van der Waals surface area contributed by atoms with Crippen molar-refractivity contribution in [3.8, 4) is 0 Å². The van der Waals surface area contributed by atoms with Crippen LogP contribution in [0.15, 0.2) is 23.8 Å². The van der Waals surface area contributed by atoms with Crippen molar-refractivity contribution in [1.29, 1.82) is 0 Å². The van der Waals surface area contributed by atoms with Gasteiger partial charge >= 0.3 is 0 Å². The predicted molar refractivity (Wildman–Crippen MR) is 108 cm³/mol. The van der Waals surface area contributed by atoms with Gasteiger partial charge in [-0.2, -0.15) is 0 Å². The molecule has 0 nitrogen and oxygen atoms in total. The maximum Gasteiger partial charge on any atom is -0.0175 e. The van der Waals surface area contributed by atoms with Crippen LogP contribution in [-0.4, -0.2) is 0 Å².